The van der Waals surface area contributed by atoms with Crippen LogP contribution in [0.15, 0.2) is 42.5 Å². The first-order chi connectivity index (χ1) is 14.0. The molecule has 2 aromatic rings. The quantitative estimate of drug-likeness (QED) is 0.713. The number of benzene rings is 2. The van der Waals surface area contributed by atoms with Gasteiger partial charge in [-0.2, -0.15) is 0 Å². The van der Waals surface area contributed by atoms with Crippen molar-refractivity contribution in [3.05, 3.63) is 48.0 Å². The van der Waals surface area contributed by atoms with Gasteiger partial charge in [0.2, 0.25) is 0 Å². The summed E-state index contributed by atoms with van der Waals surface area (Å²) in [5.74, 6) is -0.0129. The maximum atomic E-state index is 13.6. The van der Waals surface area contributed by atoms with Crippen molar-refractivity contribution in [3.63, 3.8) is 0 Å². The number of urea groups is 1. The van der Waals surface area contributed by atoms with E-state index in [-0.39, 0.29) is 11.9 Å². The standard InChI is InChI=1S/C24H31N3O2/c1-4-18(3)25-15-13-24(14-16-25)22(28)26(23(29)27(24)5-2)17-20-11-8-10-19-9-6-7-12-21(19)20/h6-12,18H,4-5,13-17H2,1-3H3/t18-/m0/s1. The number of rotatable bonds is 5. The predicted octanol–water partition coefficient (Wildman–Crippen LogP) is 4.26. The van der Waals surface area contributed by atoms with E-state index in [4.69, 9.17) is 0 Å². The van der Waals surface area contributed by atoms with E-state index >= 15 is 0 Å². The van der Waals surface area contributed by atoms with Gasteiger partial charge in [-0.3, -0.25) is 9.69 Å². The van der Waals surface area contributed by atoms with E-state index in [1.807, 2.05) is 36.1 Å². The van der Waals surface area contributed by atoms with Crippen LogP contribution in [0.4, 0.5) is 4.79 Å². The lowest BCUT2D eigenvalue weighted by atomic mass is 9.85. The number of carbonyl (C=O) groups is 2. The van der Waals surface area contributed by atoms with Crippen LogP contribution in [-0.4, -0.2) is 57.9 Å². The highest BCUT2D eigenvalue weighted by atomic mass is 16.2. The normalized spacial score (nSPS) is 20.8. The number of hydrogen-bond donors (Lipinski definition) is 0. The third-order valence-electron chi connectivity index (χ3n) is 6.99. The molecule has 0 aliphatic carbocycles. The number of likely N-dealkylation sites (N-methyl/N-ethyl adjacent to an activating group) is 1. The summed E-state index contributed by atoms with van der Waals surface area (Å²) in [5, 5.41) is 2.24. The Balaban J connectivity index is 1.61. The van der Waals surface area contributed by atoms with E-state index in [0.717, 1.165) is 48.7 Å². The number of fused-ring (bicyclic) bond motifs is 1. The number of likely N-dealkylation sites (tertiary alicyclic amines) is 1. The Morgan fingerprint density at radius 3 is 2.38 bits per heavy atom. The largest absolute Gasteiger partial charge is 0.327 e. The van der Waals surface area contributed by atoms with Crippen molar-refractivity contribution in [3.8, 4) is 0 Å². The van der Waals surface area contributed by atoms with Gasteiger partial charge >= 0.3 is 6.03 Å². The van der Waals surface area contributed by atoms with Crippen LogP contribution in [0.5, 0.6) is 0 Å². The van der Waals surface area contributed by atoms with Crippen LogP contribution >= 0.6 is 0 Å². The Hall–Kier alpha value is -2.40. The smallest absolute Gasteiger partial charge is 0.310 e. The molecule has 2 aliphatic heterocycles. The van der Waals surface area contributed by atoms with Crippen molar-refractivity contribution in [1.82, 2.24) is 14.7 Å². The number of amides is 3. The number of nitrogens with zero attached hydrogens (tertiary/aromatic N) is 3. The molecule has 5 nitrogen and oxygen atoms in total. The van der Waals surface area contributed by atoms with Crippen LogP contribution in [0.1, 0.15) is 45.6 Å². The molecule has 1 atom stereocenters. The first-order valence-corrected chi connectivity index (χ1v) is 10.9. The number of hydrogen-bond acceptors (Lipinski definition) is 3. The average molecular weight is 394 g/mol. The molecule has 0 radical (unpaired) electrons. The van der Waals surface area contributed by atoms with Gasteiger partial charge in [0.25, 0.3) is 5.91 Å². The molecule has 2 aliphatic rings. The molecular weight excluding hydrogens is 362 g/mol. The maximum absolute atomic E-state index is 13.6. The van der Waals surface area contributed by atoms with Gasteiger partial charge < -0.3 is 9.80 Å². The molecule has 0 N–H and O–H groups in total. The summed E-state index contributed by atoms with van der Waals surface area (Å²) in [6.45, 7) is 9.06. The molecule has 2 saturated heterocycles. The molecule has 5 heteroatoms. The lowest BCUT2D eigenvalue weighted by molar-refractivity contribution is -0.136. The van der Waals surface area contributed by atoms with Crippen molar-refractivity contribution >= 4 is 22.7 Å². The molecule has 0 aromatic heterocycles. The molecule has 0 saturated carbocycles. The second-order valence-corrected chi connectivity index (χ2v) is 8.38. The number of imide groups is 1. The highest BCUT2D eigenvalue weighted by molar-refractivity contribution is 6.07. The van der Waals surface area contributed by atoms with Crippen LogP contribution in [0, 0.1) is 0 Å². The van der Waals surface area contributed by atoms with E-state index in [1.165, 1.54) is 4.90 Å². The summed E-state index contributed by atoms with van der Waals surface area (Å²) in [5.41, 5.74) is 0.357. The highest BCUT2D eigenvalue weighted by Crippen LogP contribution is 2.38. The Morgan fingerprint density at radius 1 is 1.00 bits per heavy atom. The molecule has 2 heterocycles. The van der Waals surface area contributed by atoms with Crippen molar-refractivity contribution in [1.29, 1.82) is 0 Å². The first-order valence-electron chi connectivity index (χ1n) is 10.9. The van der Waals surface area contributed by atoms with Crippen LogP contribution < -0.4 is 0 Å². The molecular formula is C24H31N3O2. The van der Waals surface area contributed by atoms with Gasteiger partial charge in [-0.15, -0.1) is 0 Å². The second-order valence-electron chi connectivity index (χ2n) is 8.38. The van der Waals surface area contributed by atoms with Gasteiger partial charge in [0, 0.05) is 25.7 Å². The van der Waals surface area contributed by atoms with E-state index in [2.05, 4.69) is 36.9 Å². The van der Waals surface area contributed by atoms with Gasteiger partial charge in [-0.25, -0.2) is 4.79 Å². The van der Waals surface area contributed by atoms with Gasteiger partial charge in [0.15, 0.2) is 0 Å². The van der Waals surface area contributed by atoms with Gasteiger partial charge in [0.05, 0.1) is 6.54 Å². The number of carbonyl (C=O) groups excluding carboxylic acids is 2. The molecule has 2 fully saturated rings. The fraction of sp³-hybridized carbons (Fsp3) is 0.500. The molecule has 0 bridgehead atoms. The summed E-state index contributed by atoms with van der Waals surface area (Å²) < 4.78 is 0. The predicted molar refractivity (Wildman–Crippen MR) is 116 cm³/mol. The first kappa shape index (κ1) is 19.9. The number of piperidine rings is 1. The minimum absolute atomic E-state index is 0.0129. The minimum Gasteiger partial charge on any atom is -0.310 e. The fourth-order valence-electron chi connectivity index (χ4n) is 5.04. The van der Waals surface area contributed by atoms with E-state index in [9.17, 15) is 9.59 Å². The Kier molecular flexibility index (Phi) is 5.34. The molecule has 2 aromatic carbocycles. The van der Waals surface area contributed by atoms with Crippen molar-refractivity contribution in [2.45, 2.75) is 58.2 Å². The fourth-order valence-corrected chi connectivity index (χ4v) is 5.04. The molecule has 29 heavy (non-hydrogen) atoms. The SMILES string of the molecule is CC[C@H](C)N1CCC2(CC1)C(=O)N(Cc1cccc3ccccc13)C(=O)N2CC. The van der Waals surface area contributed by atoms with Crippen molar-refractivity contribution in [2.24, 2.45) is 0 Å². The summed E-state index contributed by atoms with van der Waals surface area (Å²) >= 11 is 0. The average Bonchev–Trinajstić information content (AvgIpc) is 2.94. The van der Waals surface area contributed by atoms with Crippen LogP contribution in [0.3, 0.4) is 0 Å². The maximum Gasteiger partial charge on any atom is 0.327 e. The van der Waals surface area contributed by atoms with E-state index < -0.39 is 5.54 Å². The summed E-state index contributed by atoms with van der Waals surface area (Å²) in [6, 6.07) is 14.6. The van der Waals surface area contributed by atoms with Gasteiger partial charge in [-0.1, -0.05) is 49.4 Å². The van der Waals surface area contributed by atoms with Gasteiger partial charge in [0.1, 0.15) is 5.54 Å². The Bertz CT molecular complexity index is 912. The lowest BCUT2D eigenvalue weighted by Crippen LogP contribution is -2.57. The zero-order valence-corrected chi connectivity index (χ0v) is 17.7. The molecule has 154 valence electrons. The molecule has 1 spiro atoms. The topological polar surface area (TPSA) is 43.9 Å². The van der Waals surface area contributed by atoms with E-state index in [0.29, 0.717) is 19.1 Å². The third kappa shape index (κ3) is 3.21. The lowest BCUT2D eigenvalue weighted by Gasteiger charge is -2.43. The Morgan fingerprint density at radius 2 is 1.69 bits per heavy atom. The van der Waals surface area contributed by atoms with Crippen LogP contribution in [0.2, 0.25) is 0 Å². The van der Waals surface area contributed by atoms with Gasteiger partial charge in [-0.05, 0) is 49.4 Å². The monoisotopic (exact) mass is 393 g/mol. The summed E-state index contributed by atoms with van der Waals surface area (Å²) in [6.07, 6.45) is 2.55. The summed E-state index contributed by atoms with van der Waals surface area (Å²) in [4.78, 5) is 32.6. The van der Waals surface area contributed by atoms with Crippen LogP contribution in [0.25, 0.3) is 10.8 Å². The Labute approximate surface area is 173 Å². The molecule has 3 amide bonds. The summed E-state index contributed by atoms with van der Waals surface area (Å²) in [7, 11) is 0. The van der Waals surface area contributed by atoms with E-state index in [1.54, 1.807) is 0 Å². The van der Waals surface area contributed by atoms with Crippen molar-refractivity contribution < 1.29 is 9.59 Å². The van der Waals surface area contributed by atoms with Crippen molar-refractivity contribution in [2.75, 3.05) is 19.6 Å². The minimum atomic E-state index is -0.666. The molecule has 0 unspecified atom stereocenters. The van der Waals surface area contributed by atoms with Crippen LogP contribution in [-0.2, 0) is 11.3 Å². The zero-order valence-electron chi connectivity index (χ0n) is 17.7. The zero-order chi connectivity index (χ0) is 20.6. The highest BCUT2D eigenvalue weighted by Gasteiger charge is 2.57. The molecule has 4 rings (SSSR count). The second kappa shape index (κ2) is 7.79. The third-order valence-corrected chi connectivity index (χ3v) is 6.99.